The first-order chi connectivity index (χ1) is 19.0. The van der Waals surface area contributed by atoms with Crippen molar-refractivity contribution in [2.75, 3.05) is 18.6 Å². The molecule has 3 aromatic carbocycles. The van der Waals surface area contributed by atoms with Gasteiger partial charge in [-0.1, -0.05) is 60.7 Å². The van der Waals surface area contributed by atoms with E-state index in [1.54, 1.807) is 19.3 Å². The molecule has 0 radical (unpaired) electrons. The maximum absolute atomic E-state index is 13.9. The highest BCUT2D eigenvalue weighted by Crippen LogP contribution is 2.54. The lowest BCUT2D eigenvalue weighted by atomic mass is 9.70. The van der Waals surface area contributed by atoms with Crippen molar-refractivity contribution in [2.45, 2.75) is 44.4 Å². The molecule has 3 aliphatic rings. The zero-order valence-corrected chi connectivity index (χ0v) is 22.7. The van der Waals surface area contributed by atoms with Gasteiger partial charge in [0, 0.05) is 63.3 Å². The number of ketones is 2. The van der Waals surface area contributed by atoms with Crippen LogP contribution in [0, 0.1) is 0 Å². The van der Waals surface area contributed by atoms with Gasteiger partial charge < -0.3 is 14.4 Å². The highest BCUT2D eigenvalue weighted by molar-refractivity contribution is 6.31. The second-order valence-electron chi connectivity index (χ2n) is 10.2. The number of carbonyl (C=O) groups is 2. The molecular formula is C33H30ClNO4. The molecule has 0 unspecified atom stereocenters. The molecule has 3 aromatic rings. The Kier molecular flexibility index (Phi) is 6.78. The third-order valence-electron chi connectivity index (χ3n) is 7.91. The zero-order chi connectivity index (χ0) is 27.1. The van der Waals surface area contributed by atoms with Crippen molar-refractivity contribution in [2.24, 2.45) is 0 Å². The number of benzene rings is 3. The minimum absolute atomic E-state index is 0.0602. The van der Waals surface area contributed by atoms with Crippen molar-refractivity contribution in [1.29, 1.82) is 0 Å². The number of halogens is 1. The molecule has 5 nitrogen and oxygen atoms in total. The summed E-state index contributed by atoms with van der Waals surface area (Å²) < 4.78 is 11.8. The number of rotatable bonds is 6. The molecule has 39 heavy (non-hydrogen) atoms. The molecule has 0 N–H and O–H groups in total. The zero-order valence-electron chi connectivity index (χ0n) is 22.0. The molecule has 0 fully saturated rings. The number of methoxy groups -OCH3 is 1. The van der Waals surface area contributed by atoms with E-state index in [1.807, 2.05) is 24.3 Å². The van der Waals surface area contributed by atoms with Crippen LogP contribution in [0.15, 0.2) is 89.8 Å². The van der Waals surface area contributed by atoms with Crippen molar-refractivity contribution in [3.63, 3.8) is 0 Å². The van der Waals surface area contributed by atoms with Gasteiger partial charge in [-0.15, -0.1) is 0 Å². The molecule has 0 amide bonds. The molecule has 0 saturated heterocycles. The number of hydrogen-bond donors (Lipinski definition) is 0. The van der Waals surface area contributed by atoms with Gasteiger partial charge in [-0.25, -0.2) is 0 Å². The minimum atomic E-state index is -0.575. The summed E-state index contributed by atoms with van der Waals surface area (Å²) in [5.74, 6) is 0.497. The summed E-state index contributed by atoms with van der Waals surface area (Å²) in [6.07, 6.45) is 5.56. The van der Waals surface area contributed by atoms with Crippen molar-refractivity contribution < 1.29 is 19.1 Å². The van der Waals surface area contributed by atoms with E-state index in [0.29, 0.717) is 46.1 Å². The van der Waals surface area contributed by atoms with Gasteiger partial charge in [0.15, 0.2) is 23.1 Å². The first-order valence-corrected chi connectivity index (χ1v) is 13.8. The Morgan fingerprint density at radius 1 is 0.949 bits per heavy atom. The summed E-state index contributed by atoms with van der Waals surface area (Å²) in [5, 5.41) is 2.66. The quantitative estimate of drug-likeness (QED) is 0.301. The minimum Gasteiger partial charge on any atom is -0.493 e. The molecule has 6 heteroatoms. The van der Waals surface area contributed by atoms with Crippen molar-refractivity contribution >= 4 is 39.6 Å². The van der Waals surface area contributed by atoms with E-state index in [2.05, 4.69) is 35.7 Å². The molecule has 0 saturated carbocycles. The monoisotopic (exact) mass is 539 g/mol. The Balaban J connectivity index is 1.67. The Labute approximate surface area is 233 Å². The highest BCUT2D eigenvalue weighted by Gasteiger charge is 2.45. The first kappa shape index (κ1) is 25.4. The summed E-state index contributed by atoms with van der Waals surface area (Å²) >= 11 is 6.60. The molecule has 6 rings (SSSR count). The van der Waals surface area contributed by atoms with Crippen LogP contribution in [0.1, 0.15) is 50.0 Å². The van der Waals surface area contributed by atoms with Crippen molar-refractivity contribution in [3.05, 3.63) is 100 Å². The number of fused-ring (bicyclic) bond motifs is 1. The standard InChI is InChI=1S/C33H30ClNO4/c1-3-17-39-33-23(18-21(34)19-29(33)38-2)30-31-25(13-7-15-27(31)36)35(26-14-8-16-28(37)32(26)30)24-12-6-10-20-9-4-5-11-22(20)24/h3-6,9-12,18-19,30H,1,7-8,13-17H2,2H3. The summed E-state index contributed by atoms with van der Waals surface area (Å²) in [7, 11) is 1.56. The SMILES string of the molecule is C=CCOc1c(OC)cc(Cl)cc1C1C2=C(CCCC2=O)N(c2cccc3ccccc23)C2=C1C(=O)CCC2. The third-order valence-corrected chi connectivity index (χ3v) is 8.13. The molecule has 0 aromatic heterocycles. The number of allylic oxidation sites excluding steroid dienone is 4. The summed E-state index contributed by atoms with van der Waals surface area (Å²) in [6.45, 7) is 4.04. The summed E-state index contributed by atoms with van der Waals surface area (Å²) in [6, 6.07) is 18.0. The van der Waals surface area contributed by atoms with Gasteiger partial charge in [0.2, 0.25) is 0 Å². The molecule has 0 spiro atoms. The van der Waals surface area contributed by atoms with E-state index < -0.39 is 5.92 Å². The second kappa shape index (κ2) is 10.4. The van der Waals surface area contributed by atoms with Gasteiger partial charge in [0.1, 0.15) is 6.61 Å². The number of ether oxygens (including phenoxy) is 2. The van der Waals surface area contributed by atoms with Crippen molar-refractivity contribution in [3.8, 4) is 11.5 Å². The maximum atomic E-state index is 13.9. The smallest absolute Gasteiger partial charge is 0.165 e. The number of Topliss-reactive ketones (excluding diaryl/α,β-unsaturated/α-hetero) is 2. The lowest BCUT2D eigenvalue weighted by Gasteiger charge is -2.44. The predicted octanol–water partition coefficient (Wildman–Crippen LogP) is 7.68. The fourth-order valence-electron chi connectivity index (χ4n) is 6.38. The van der Waals surface area contributed by atoms with Gasteiger partial charge in [-0.05, 0) is 43.2 Å². The normalized spacial score (nSPS) is 17.8. The average molecular weight is 540 g/mol. The fraction of sp³-hybridized carbons (Fsp3) is 0.273. The van der Waals surface area contributed by atoms with Crippen LogP contribution in [-0.4, -0.2) is 25.3 Å². The number of anilines is 1. The lowest BCUT2D eigenvalue weighted by Crippen LogP contribution is -2.39. The molecule has 198 valence electrons. The molecule has 0 bridgehead atoms. The summed E-state index contributed by atoms with van der Waals surface area (Å²) in [5.41, 5.74) is 4.95. The molecule has 1 heterocycles. The van der Waals surface area contributed by atoms with Gasteiger partial charge in [0.05, 0.1) is 12.8 Å². The predicted molar refractivity (Wildman–Crippen MR) is 155 cm³/mol. The van der Waals surface area contributed by atoms with Gasteiger partial charge in [0.25, 0.3) is 0 Å². The first-order valence-electron chi connectivity index (χ1n) is 13.4. The lowest BCUT2D eigenvalue weighted by molar-refractivity contribution is -0.116. The maximum Gasteiger partial charge on any atom is 0.165 e. The van der Waals surface area contributed by atoms with Crippen LogP contribution in [0.3, 0.4) is 0 Å². The number of carbonyl (C=O) groups excluding carboxylic acids is 2. The van der Waals surface area contributed by atoms with E-state index in [-0.39, 0.29) is 18.2 Å². The van der Waals surface area contributed by atoms with Crippen LogP contribution < -0.4 is 14.4 Å². The van der Waals surface area contributed by atoms with E-state index in [9.17, 15) is 9.59 Å². The molecule has 0 atom stereocenters. The second-order valence-corrected chi connectivity index (χ2v) is 10.6. The van der Waals surface area contributed by atoms with Gasteiger partial charge >= 0.3 is 0 Å². The van der Waals surface area contributed by atoms with Crippen LogP contribution in [0.5, 0.6) is 11.5 Å². The third kappa shape index (κ3) is 4.25. The molecule has 2 aliphatic carbocycles. The largest absolute Gasteiger partial charge is 0.493 e. The Morgan fingerprint density at radius 3 is 2.28 bits per heavy atom. The van der Waals surface area contributed by atoms with E-state index in [0.717, 1.165) is 53.5 Å². The molecule has 1 aliphatic heterocycles. The van der Waals surface area contributed by atoms with Gasteiger partial charge in [-0.3, -0.25) is 9.59 Å². The topological polar surface area (TPSA) is 55.8 Å². The number of hydrogen-bond acceptors (Lipinski definition) is 5. The van der Waals surface area contributed by atoms with Crippen LogP contribution in [-0.2, 0) is 9.59 Å². The van der Waals surface area contributed by atoms with Crippen LogP contribution in [0.2, 0.25) is 5.02 Å². The molecular weight excluding hydrogens is 510 g/mol. The fourth-order valence-corrected chi connectivity index (χ4v) is 6.59. The van der Waals surface area contributed by atoms with E-state index in [1.165, 1.54) is 0 Å². The van der Waals surface area contributed by atoms with Crippen LogP contribution in [0.4, 0.5) is 5.69 Å². The van der Waals surface area contributed by atoms with E-state index >= 15 is 0 Å². The Bertz CT molecular complexity index is 1530. The van der Waals surface area contributed by atoms with E-state index in [4.69, 9.17) is 21.1 Å². The average Bonchev–Trinajstić information content (AvgIpc) is 2.95. The van der Waals surface area contributed by atoms with Crippen LogP contribution in [0.25, 0.3) is 10.8 Å². The van der Waals surface area contributed by atoms with Gasteiger partial charge in [-0.2, -0.15) is 0 Å². The Hall–Kier alpha value is -3.83. The van der Waals surface area contributed by atoms with Crippen LogP contribution >= 0.6 is 11.6 Å². The number of nitrogens with zero attached hydrogens (tertiary/aromatic N) is 1. The summed E-state index contributed by atoms with van der Waals surface area (Å²) in [4.78, 5) is 29.9. The highest BCUT2D eigenvalue weighted by atomic mass is 35.5. The van der Waals surface area contributed by atoms with Crippen molar-refractivity contribution in [1.82, 2.24) is 0 Å². The Morgan fingerprint density at radius 2 is 1.62 bits per heavy atom.